The molecule has 0 saturated heterocycles. The van der Waals surface area contributed by atoms with E-state index >= 15 is 0 Å². The van der Waals surface area contributed by atoms with E-state index in [1.807, 2.05) is 6.08 Å². The number of hydrogen-bond donors (Lipinski definition) is 0. The topological polar surface area (TPSA) is 17.1 Å². The van der Waals surface area contributed by atoms with Crippen molar-refractivity contribution in [3.05, 3.63) is 34.9 Å². The van der Waals surface area contributed by atoms with Gasteiger partial charge in [0.25, 0.3) is 0 Å². The average molecular weight is 306 g/mol. The molecule has 120 valence electrons. The molecule has 0 aromatic heterocycles. The van der Waals surface area contributed by atoms with Gasteiger partial charge in [-0.25, -0.2) is 0 Å². The summed E-state index contributed by atoms with van der Waals surface area (Å²) in [6.45, 7) is 4.61. The Morgan fingerprint density at radius 1 is 1.30 bits per heavy atom. The summed E-state index contributed by atoms with van der Waals surface area (Å²) in [7, 11) is 0. The molecule has 0 bridgehead atoms. The van der Waals surface area contributed by atoms with E-state index in [-0.39, 0.29) is 10.8 Å². The number of terminal acetylenes is 1. The Kier molecular flexibility index (Phi) is 3.24. The van der Waals surface area contributed by atoms with E-state index in [4.69, 9.17) is 6.42 Å². The monoisotopic (exact) mass is 306 g/mol. The summed E-state index contributed by atoms with van der Waals surface area (Å²) in [5.41, 5.74) is 4.50. The van der Waals surface area contributed by atoms with E-state index in [9.17, 15) is 4.79 Å². The second-order valence-electron chi connectivity index (χ2n) is 8.06. The van der Waals surface area contributed by atoms with Crippen molar-refractivity contribution in [1.82, 2.24) is 0 Å². The van der Waals surface area contributed by atoms with Crippen LogP contribution in [0, 0.1) is 35.0 Å². The van der Waals surface area contributed by atoms with E-state index < -0.39 is 0 Å². The van der Waals surface area contributed by atoms with Gasteiger partial charge in [0.15, 0.2) is 5.78 Å². The van der Waals surface area contributed by atoms with Crippen LogP contribution >= 0.6 is 0 Å². The zero-order valence-corrected chi connectivity index (χ0v) is 14.3. The van der Waals surface area contributed by atoms with E-state index in [0.717, 1.165) is 25.7 Å². The molecule has 0 heterocycles. The highest BCUT2D eigenvalue weighted by atomic mass is 16.1. The van der Waals surface area contributed by atoms with Crippen molar-refractivity contribution in [2.75, 3.05) is 0 Å². The van der Waals surface area contributed by atoms with Crippen molar-refractivity contribution in [3.8, 4) is 12.3 Å². The number of carbonyl (C=O) groups is 1. The van der Waals surface area contributed by atoms with E-state index in [1.54, 1.807) is 0 Å². The van der Waals surface area contributed by atoms with Crippen LogP contribution in [0.2, 0.25) is 0 Å². The number of rotatable bonds is 1. The van der Waals surface area contributed by atoms with Gasteiger partial charge in [0.05, 0.1) is 0 Å². The molecule has 1 fully saturated rings. The normalized spacial score (nSPS) is 41.8. The molecule has 0 aromatic carbocycles. The molecule has 4 atom stereocenters. The van der Waals surface area contributed by atoms with Gasteiger partial charge in [0, 0.05) is 17.3 Å². The summed E-state index contributed by atoms with van der Waals surface area (Å²) in [6, 6.07) is 0. The summed E-state index contributed by atoms with van der Waals surface area (Å²) in [4.78, 5) is 11.7. The SMILES string of the molecule is C#C[C@@]1(C)CC[C@H]2C3CCC4=CC(=O)CCC4=C3C=C[C@@]21CC. The first-order chi connectivity index (χ1) is 11.0. The summed E-state index contributed by atoms with van der Waals surface area (Å²) in [5.74, 6) is 4.81. The fourth-order valence-corrected chi connectivity index (χ4v) is 6.07. The van der Waals surface area contributed by atoms with E-state index in [2.05, 4.69) is 31.9 Å². The zero-order valence-electron chi connectivity index (χ0n) is 14.3. The van der Waals surface area contributed by atoms with Gasteiger partial charge < -0.3 is 0 Å². The van der Waals surface area contributed by atoms with Gasteiger partial charge in [-0.1, -0.05) is 25.0 Å². The van der Waals surface area contributed by atoms with Crippen LogP contribution in [0.4, 0.5) is 0 Å². The first-order valence-electron chi connectivity index (χ1n) is 9.18. The molecule has 4 aliphatic rings. The maximum Gasteiger partial charge on any atom is 0.156 e. The lowest BCUT2D eigenvalue weighted by atomic mass is 9.54. The van der Waals surface area contributed by atoms with Crippen LogP contribution in [0.3, 0.4) is 0 Å². The fraction of sp³-hybridized carbons (Fsp3) is 0.591. The van der Waals surface area contributed by atoms with Crippen LogP contribution in [0.1, 0.15) is 58.8 Å². The molecule has 1 nitrogen and oxygen atoms in total. The number of fused-ring (bicyclic) bond motifs is 4. The Labute approximate surface area is 139 Å². The lowest BCUT2D eigenvalue weighted by molar-refractivity contribution is -0.114. The first-order valence-corrected chi connectivity index (χ1v) is 9.18. The molecule has 0 spiro atoms. The standard InChI is InChI=1S/C22H26O/c1-4-21(3)12-11-20-19-8-6-15-14-16(23)7-9-17(15)18(19)10-13-22(20,21)5-2/h1,10,13-14,19-20H,5-9,11-12H2,2-3H3/t19?,20-,21-,22-/m0/s1. The molecular formula is C22H26O. The van der Waals surface area contributed by atoms with Crippen LogP contribution in [0.5, 0.6) is 0 Å². The Morgan fingerprint density at radius 2 is 2.13 bits per heavy atom. The van der Waals surface area contributed by atoms with Crippen LogP contribution in [0.25, 0.3) is 0 Å². The van der Waals surface area contributed by atoms with Gasteiger partial charge in [-0.2, -0.15) is 0 Å². The minimum atomic E-state index is -0.00222. The number of ketones is 1. The third-order valence-electron chi connectivity index (χ3n) is 7.41. The summed E-state index contributed by atoms with van der Waals surface area (Å²) >= 11 is 0. The fourth-order valence-electron chi connectivity index (χ4n) is 6.07. The minimum absolute atomic E-state index is 0.00222. The zero-order chi connectivity index (χ0) is 16.2. The Morgan fingerprint density at radius 3 is 2.87 bits per heavy atom. The van der Waals surface area contributed by atoms with Crippen LogP contribution in [-0.2, 0) is 4.79 Å². The lowest BCUT2D eigenvalue weighted by Crippen LogP contribution is -2.43. The molecular weight excluding hydrogens is 280 g/mol. The summed E-state index contributed by atoms with van der Waals surface area (Å²) in [6.07, 6.45) is 20.2. The van der Waals surface area contributed by atoms with Crippen LogP contribution < -0.4 is 0 Å². The van der Waals surface area contributed by atoms with Crippen molar-refractivity contribution in [2.24, 2.45) is 22.7 Å². The van der Waals surface area contributed by atoms with Gasteiger partial charge in [0.1, 0.15) is 0 Å². The largest absolute Gasteiger partial charge is 0.295 e. The molecule has 23 heavy (non-hydrogen) atoms. The van der Waals surface area contributed by atoms with Crippen molar-refractivity contribution in [1.29, 1.82) is 0 Å². The van der Waals surface area contributed by atoms with Crippen molar-refractivity contribution in [2.45, 2.75) is 58.8 Å². The minimum Gasteiger partial charge on any atom is -0.295 e. The maximum atomic E-state index is 11.7. The van der Waals surface area contributed by atoms with Gasteiger partial charge in [-0.3, -0.25) is 4.79 Å². The van der Waals surface area contributed by atoms with E-state index in [0.29, 0.717) is 24.0 Å². The highest BCUT2D eigenvalue weighted by Crippen LogP contribution is 2.65. The van der Waals surface area contributed by atoms with Crippen molar-refractivity contribution in [3.63, 3.8) is 0 Å². The molecule has 1 heteroatoms. The predicted octanol–water partition coefficient (Wildman–Crippen LogP) is 5.00. The second-order valence-corrected chi connectivity index (χ2v) is 8.06. The van der Waals surface area contributed by atoms with E-state index in [1.165, 1.54) is 29.6 Å². The quantitative estimate of drug-likeness (QED) is 0.623. The molecule has 4 aliphatic carbocycles. The highest BCUT2D eigenvalue weighted by Gasteiger charge is 2.58. The third kappa shape index (κ3) is 1.84. The summed E-state index contributed by atoms with van der Waals surface area (Å²) < 4.78 is 0. The molecule has 4 rings (SSSR count). The number of carbonyl (C=O) groups excluding carboxylic acids is 1. The molecule has 1 saturated carbocycles. The molecule has 0 aliphatic heterocycles. The molecule has 0 radical (unpaired) electrons. The van der Waals surface area contributed by atoms with Gasteiger partial charge in [-0.05, 0) is 80.1 Å². The van der Waals surface area contributed by atoms with Gasteiger partial charge in [-0.15, -0.1) is 6.42 Å². The summed E-state index contributed by atoms with van der Waals surface area (Å²) in [5, 5.41) is 0. The Bertz CT molecular complexity index is 698. The number of allylic oxidation sites excluding steroid dienone is 6. The van der Waals surface area contributed by atoms with Crippen molar-refractivity contribution >= 4 is 5.78 Å². The third-order valence-corrected chi connectivity index (χ3v) is 7.41. The Hall–Kier alpha value is -1.55. The molecule has 0 N–H and O–H groups in total. The Balaban J connectivity index is 1.85. The molecule has 0 amide bonds. The van der Waals surface area contributed by atoms with Crippen LogP contribution in [0.15, 0.2) is 34.9 Å². The molecule has 0 aromatic rings. The maximum absolute atomic E-state index is 11.7. The molecule has 1 unspecified atom stereocenters. The second kappa shape index (κ2) is 4.97. The van der Waals surface area contributed by atoms with Crippen LogP contribution in [-0.4, -0.2) is 5.78 Å². The lowest BCUT2D eigenvalue weighted by Gasteiger charge is -2.49. The van der Waals surface area contributed by atoms with Gasteiger partial charge in [0.2, 0.25) is 0 Å². The number of hydrogen-bond acceptors (Lipinski definition) is 1. The van der Waals surface area contributed by atoms with Crippen molar-refractivity contribution < 1.29 is 4.79 Å². The van der Waals surface area contributed by atoms with Gasteiger partial charge >= 0.3 is 0 Å². The highest BCUT2D eigenvalue weighted by molar-refractivity contribution is 5.93. The average Bonchev–Trinajstić information content (AvgIpc) is 2.88. The predicted molar refractivity (Wildman–Crippen MR) is 93.6 cm³/mol. The smallest absolute Gasteiger partial charge is 0.156 e. The first kappa shape index (κ1) is 15.0.